The molecule has 1 fully saturated rings. The minimum absolute atomic E-state index is 0.0456. The van der Waals surface area contributed by atoms with E-state index in [0.717, 1.165) is 6.54 Å². The van der Waals surface area contributed by atoms with Crippen molar-refractivity contribution < 1.29 is 9.59 Å². The largest absolute Gasteiger partial charge is 0.355 e. The molecule has 5 heteroatoms. The monoisotopic (exact) mass is 297 g/mol. The Hall–Kier alpha value is -1.10. The van der Waals surface area contributed by atoms with Crippen LogP contribution in [0.3, 0.4) is 0 Å². The van der Waals surface area contributed by atoms with Crippen LogP contribution in [-0.4, -0.2) is 49.9 Å². The molecule has 0 unspecified atom stereocenters. The lowest BCUT2D eigenvalue weighted by atomic mass is 10.1. The summed E-state index contributed by atoms with van der Waals surface area (Å²) in [7, 11) is 3.48. The van der Waals surface area contributed by atoms with Gasteiger partial charge in [-0.25, -0.2) is 0 Å². The average Bonchev–Trinajstić information content (AvgIpc) is 2.72. The fourth-order valence-corrected chi connectivity index (χ4v) is 2.67. The summed E-state index contributed by atoms with van der Waals surface area (Å²) in [4.78, 5) is 24.6. The third kappa shape index (κ3) is 8.71. The molecule has 1 aliphatic rings. The van der Waals surface area contributed by atoms with Gasteiger partial charge in [-0.05, 0) is 19.3 Å². The van der Waals surface area contributed by atoms with Crippen LogP contribution in [0.2, 0.25) is 0 Å². The normalized spacial score (nSPS) is 16.3. The number of nitrogens with one attached hydrogen (secondary N) is 2. The Balaban J connectivity index is 1.99. The third-order valence-corrected chi connectivity index (χ3v) is 4.03. The Morgan fingerprint density at radius 2 is 1.67 bits per heavy atom. The second-order valence-corrected chi connectivity index (χ2v) is 6.13. The molecular weight excluding hydrogens is 266 g/mol. The lowest BCUT2D eigenvalue weighted by Crippen LogP contribution is -2.36. The third-order valence-electron chi connectivity index (χ3n) is 4.03. The molecule has 0 bridgehead atoms. The number of hydrogen-bond donors (Lipinski definition) is 2. The van der Waals surface area contributed by atoms with Crippen LogP contribution in [0.4, 0.5) is 0 Å². The van der Waals surface area contributed by atoms with Crippen molar-refractivity contribution in [3.05, 3.63) is 0 Å². The molecule has 0 saturated heterocycles. The molecule has 21 heavy (non-hydrogen) atoms. The number of hydrogen-bond acceptors (Lipinski definition) is 3. The molecule has 2 amide bonds. The molecule has 1 rings (SSSR count). The number of carbonyl (C=O) groups is 2. The van der Waals surface area contributed by atoms with Crippen LogP contribution < -0.4 is 10.6 Å². The molecule has 1 saturated carbocycles. The van der Waals surface area contributed by atoms with Crippen LogP contribution in [0, 0.1) is 0 Å². The molecule has 0 atom stereocenters. The Morgan fingerprint density at radius 3 is 2.29 bits per heavy atom. The topological polar surface area (TPSA) is 61.4 Å². The SMILES string of the molecule is CN(C)C(=O)CCCC(=O)NCCNC1CCCCCC1. The molecule has 122 valence electrons. The van der Waals surface area contributed by atoms with Crippen molar-refractivity contribution in [2.24, 2.45) is 0 Å². The highest BCUT2D eigenvalue weighted by Gasteiger charge is 2.11. The van der Waals surface area contributed by atoms with E-state index in [9.17, 15) is 9.59 Å². The summed E-state index contributed by atoms with van der Waals surface area (Å²) < 4.78 is 0. The number of nitrogens with zero attached hydrogens (tertiary/aromatic N) is 1. The van der Waals surface area contributed by atoms with Gasteiger partial charge in [-0.3, -0.25) is 9.59 Å². The quantitative estimate of drug-likeness (QED) is 0.529. The minimum Gasteiger partial charge on any atom is -0.355 e. The van der Waals surface area contributed by atoms with E-state index in [-0.39, 0.29) is 11.8 Å². The minimum atomic E-state index is 0.0456. The first-order chi connectivity index (χ1) is 10.1. The molecule has 5 nitrogen and oxygen atoms in total. The van der Waals surface area contributed by atoms with Crippen LogP contribution >= 0.6 is 0 Å². The Labute approximate surface area is 128 Å². The summed E-state index contributed by atoms with van der Waals surface area (Å²) in [5.74, 6) is 0.127. The zero-order valence-electron chi connectivity index (χ0n) is 13.6. The van der Waals surface area contributed by atoms with Crippen LogP contribution in [0.1, 0.15) is 57.8 Å². The van der Waals surface area contributed by atoms with Gasteiger partial charge in [-0.1, -0.05) is 25.7 Å². The van der Waals surface area contributed by atoms with Gasteiger partial charge >= 0.3 is 0 Å². The van der Waals surface area contributed by atoms with Gasteiger partial charge in [-0.2, -0.15) is 0 Å². The first-order valence-electron chi connectivity index (χ1n) is 8.30. The van der Waals surface area contributed by atoms with E-state index >= 15 is 0 Å². The van der Waals surface area contributed by atoms with Crippen molar-refractivity contribution >= 4 is 11.8 Å². The molecule has 0 spiro atoms. The van der Waals surface area contributed by atoms with Gasteiger partial charge in [0, 0.05) is 46.1 Å². The van der Waals surface area contributed by atoms with Gasteiger partial charge in [-0.15, -0.1) is 0 Å². The van der Waals surface area contributed by atoms with Crippen molar-refractivity contribution in [3.63, 3.8) is 0 Å². The van der Waals surface area contributed by atoms with Gasteiger partial charge in [0.2, 0.25) is 11.8 Å². The highest BCUT2D eigenvalue weighted by Crippen LogP contribution is 2.16. The van der Waals surface area contributed by atoms with E-state index < -0.39 is 0 Å². The molecule has 0 heterocycles. The molecule has 1 aliphatic carbocycles. The number of rotatable bonds is 8. The lowest BCUT2D eigenvalue weighted by molar-refractivity contribution is -0.128. The van der Waals surface area contributed by atoms with Crippen molar-refractivity contribution in [1.82, 2.24) is 15.5 Å². The van der Waals surface area contributed by atoms with Gasteiger partial charge in [0.25, 0.3) is 0 Å². The van der Waals surface area contributed by atoms with E-state index in [2.05, 4.69) is 10.6 Å². The second kappa shape index (κ2) is 10.6. The van der Waals surface area contributed by atoms with E-state index in [4.69, 9.17) is 0 Å². The van der Waals surface area contributed by atoms with Crippen molar-refractivity contribution in [3.8, 4) is 0 Å². The Kier molecular flexibility index (Phi) is 9.06. The molecular formula is C16H31N3O2. The van der Waals surface area contributed by atoms with Gasteiger partial charge < -0.3 is 15.5 Å². The maximum atomic E-state index is 11.6. The molecule has 0 aromatic rings. The smallest absolute Gasteiger partial charge is 0.222 e. The summed E-state index contributed by atoms with van der Waals surface area (Å²) >= 11 is 0. The zero-order valence-corrected chi connectivity index (χ0v) is 13.6. The summed E-state index contributed by atoms with van der Waals surface area (Å²) in [6.45, 7) is 1.52. The highest BCUT2D eigenvalue weighted by atomic mass is 16.2. The molecule has 0 aromatic heterocycles. The van der Waals surface area contributed by atoms with Crippen LogP contribution in [0.5, 0.6) is 0 Å². The summed E-state index contributed by atoms with van der Waals surface area (Å²) in [5.41, 5.74) is 0. The Bertz CT molecular complexity index is 311. The van der Waals surface area contributed by atoms with Crippen LogP contribution in [0.25, 0.3) is 0 Å². The predicted octanol–water partition coefficient (Wildman–Crippen LogP) is 1.67. The average molecular weight is 297 g/mol. The van der Waals surface area contributed by atoms with E-state index in [1.165, 1.54) is 38.5 Å². The molecule has 0 aromatic carbocycles. The predicted molar refractivity (Wildman–Crippen MR) is 85.0 cm³/mol. The maximum Gasteiger partial charge on any atom is 0.222 e. The van der Waals surface area contributed by atoms with Gasteiger partial charge in [0.1, 0.15) is 0 Å². The van der Waals surface area contributed by atoms with E-state index in [1.54, 1.807) is 19.0 Å². The van der Waals surface area contributed by atoms with Crippen LogP contribution in [0.15, 0.2) is 0 Å². The fraction of sp³-hybridized carbons (Fsp3) is 0.875. The lowest BCUT2D eigenvalue weighted by Gasteiger charge is -2.16. The Morgan fingerprint density at radius 1 is 1.00 bits per heavy atom. The standard InChI is InChI=1S/C16H31N3O2/c1-19(2)16(21)11-7-10-15(20)18-13-12-17-14-8-5-3-4-6-9-14/h14,17H,3-13H2,1-2H3,(H,18,20). The summed E-state index contributed by atoms with van der Waals surface area (Å²) in [6, 6.07) is 0.627. The fourth-order valence-electron chi connectivity index (χ4n) is 2.67. The first-order valence-corrected chi connectivity index (χ1v) is 8.30. The van der Waals surface area contributed by atoms with Crippen molar-refractivity contribution in [2.45, 2.75) is 63.8 Å². The molecule has 0 aliphatic heterocycles. The van der Waals surface area contributed by atoms with Crippen LogP contribution in [-0.2, 0) is 9.59 Å². The van der Waals surface area contributed by atoms with Gasteiger partial charge in [0.15, 0.2) is 0 Å². The van der Waals surface area contributed by atoms with Crippen molar-refractivity contribution in [2.75, 3.05) is 27.2 Å². The maximum absolute atomic E-state index is 11.6. The molecule has 0 radical (unpaired) electrons. The summed E-state index contributed by atoms with van der Waals surface area (Å²) in [5, 5.41) is 6.45. The molecule has 2 N–H and O–H groups in total. The summed E-state index contributed by atoms with van der Waals surface area (Å²) in [6.07, 6.45) is 9.40. The van der Waals surface area contributed by atoms with Gasteiger partial charge in [0.05, 0.1) is 0 Å². The first kappa shape index (κ1) is 18.0. The van der Waals surface area contributed by atoms with E-state index in [0.29, 0.717) is 31.8 Å². The van der Waals surface area contributed by atoms with E-state index in [1.807, 2.05) is 0 Å². The second-order valence-electron chi connectivity index (χ2n) is 6.13. The number of carbonyl (C=O) groups excluding carboxylic acids is 2. The van der Waals surface area contributed by atoms with Crippen molar-refractivity contribution in [1.29, 1.82) is 0 Å². The highest BCUT2D eigenvalue weighted by molar-refractivity contribution is 5.78. The zero-order chi connectivity index (χ0) is 15.5. The number of amides is 2.